The number of amidine groups is 1. The molecule has 14 heavy (non-hydrogen) atoms. The molecule has 0 saturated carbocycles. The molecule has 0 aliphatic heterocycles. The van der Waals surface area contributed by atoms with Crippen LogP contribution in [0.15, 0.2) is 29.3 Å². The molecule has 0 unspecified atom stereocenters. The fourth-order valence-corrected chi connectivity index (χ4v) is 1.07. The van der Waals surface area contributed by atoms with E-state index in [1.54, 1.807) is 7.05 Å². The van der Waals surface area contributed by atoms with Crippen molar-refractivity contribution in [2.45, 2.75) is 20.8 Å². The molecule has 0 fully saturated rings. The van der Waals surface area contributed by atoms with E-state index in [0.717, 1.165) is 5.56 Å². The van der Waals surface area contributed by atoms with Crippen LogP contribution >= 0.6 is 0 Å². The van der Waals surface area contributed by atoms with Gasteiger partial charge in [0.05, 0.1) is 0 Å². The van der Waals surface area contributed by atoms with Crippen molar-refractivity contribution in [1.29, 1.82) is 0 Å². The Balaban J connectivity index is 0.000000791. The Kier molecular flexibility index (Phi) is 6.41. The maximum Gasteiger partial charge on any atom is 0.142 e. The molecule has 0 radical (unpaired) electrons. The van der Waals surface area contributed by atoms with E-state index in [1.807, 2.05) is 45.0 Å². The van der Waals surface area contributed by atoms with Gasteiger partial charge < -0.3 is 5.43 Å². The van der Waals surface area contributed by atoms with E-state index in [2.05, 4.69) is 10.4 Å². The first-order valence-corrected chi connectivity index (χ1v) is 4.78. The van der Waals surface area contributed by atoms with Crippen molar-refractivity contribution >= 4 is 5.84 Å². The minimum Gasteiger partial charge on any atom is -0.308 e. The zero-order valence-corrected chi connectivity index (χ0v) is 9.33. The van der Waals surface area contributed by atoms with Crippen LogP contribution in [0.4, 0.5) is 0 Å². The molecule has 0 bridgehead atoms. The van der Waals surface area contributed by atoms with Gasteiger partial charge in [-0.05, 0) is 13.0 Å². The predicted molar refractivity (Wildman–Crippen MR) is 62.3 cm³/mol. The number of hydrogen-bond donors (Lipinski definition) is 2. The van der Waals surface area contributed by atoms with Gasteiger partial charge in [-0.3, -0.25) is 4.99 Å². The van der Waals surface area contributed by atoms with Crippen LogP contribution in [0, 0.1) is 6.92 Å². The van der Waals surface area contributed by atoms with Crippen molar-refractivity contribution < 1.29 is 0 Å². The molecule has 0 spiro atoms. The summed E-state index contributed by atoms with van der Waals surface area (Å²) in [6, 6.07) is 8.01. The topological polar surface area (TPSA) is 50.4 Å². The molecular formula is C11H19N3. The van der Waals surface area contributed by atoms with Gasteiger partial charge in [0, 0.05) is 12.6 Å². The van der Waals surface area contributed by atoms with Gasteiger partial charge in [0.2, 0.25) is 0 Å². The Morgan fingerprint density at radius 1 is 1.36 bits per heavy atom. The van der Waals surface area contributed by atoms with Gasteiger partial charge in [0.1, 0.15) is 5.84 Å². The van der Waals surface area contributed by atoms with Crippen LogP contribution in [0.5, 0.6) is 0 Å². The van der Waals surface area contributed by atoms with Crippen LogP contribution in [0.25, 0.3) is 0 Å². The first-order chi connectivity index (χ1) is 6.77. The third-order valence-electron chi connectivity index (χ3n) is 1.65. The smallest absolute Gasteiger partial charge is 0.142 e. The summed E-state index contributed by atoms with van der Waals surface area (Å²) >= 11 is 0. The van der Waals surface area contributed by atoms with Gasteiger partial charge in [-0.15, -0.1) is 0 Å². The van der Waals surface area contributed by atoms with E-state index in [1.165, 1.54) is 5.56 Å². The van der Waals surface area contributed by atoms with E-state index >= 15 is 0 Å². The van der Waals surface area contributed by atoms with Crippen LogP contribution in [0.2, 0.25) is 0 Å². The van der Waals surface area contributed by atoms with Crippen molar-refractivity contribution in [2.75, 3.05) is 7.05 Å². The lowest BCUT2D eigenvalue weighted by Gasteiger charge is -2.04. The largest absolute Gasteiger partial charge is 0.308 e. The molecule has 1 rings (SSSR count). The van der Waals surface area contributed by atoms with Gasteiger partial charge in [-0.1, -0.05) is 37.6 Å². The van der Waals surface area contributed by atoms with Crippen molar-refractivity contribution in [3.05, 3.63) is 35.4 Å². The zero-order valence-electron chi connectivity index (χ0n) is 9.33. The summed E-state index contributed by atoms with van der Waals surface area (Å²) in [4.78, 5) is 4.00. The molecule has 1 aromatic carbocycles. The van der Waals surface area contributed by atoms with Crippen LogP contribution in [-0.4, -0.2) is 12.9 Å². The van der Waals surface area contributed by atoms with Crippen LogP contribution < -0.4 is 11.3 Å². The minimum absolute atomic E-state index is 0.707. The van der Waals surface area contributed by atoms with E-state index < -0.39 is 0 Å². The number of nitrogens with two attached hydrogens (primary N) is 1. The van der Waals surface area contributed by atoms with Gasteiger partial charge in [-0.2, -0.15) is 0 Å². The van der Waals surface area contributed by atoms with E-state index in [0.29, 0.717) is 5.84 Å². The maximum absolute atomic E-state index is 5.28. The molecule has 3 N–H and O–H groups in total. The Bertz CT molecular complexity index is 292. The first kappa shape index (κ1) is 12.7. The number of nitrogens with one attached hydrogen (secondary N) is 1. The monoisotopic (exact) mass is 193 g/mol. The maximum atomic E-state index is 5.28. The highest BCUT2D eigenvalue weighted by atomic mass is 15.2. The molecule has 3 heteroatoms. The molecule has 0 aliphatic rings. The lowest BCUT2D eigenvalue weighted by molar-refractivity contribution is 1.02. The molecule has 78 valence electrons. The van der Waals surface area contributed by atoms with E-state index in [9.17, 15) is 0 Å². The molecule has 1 aromatic rings. The zero-order chi connectivity index (χ0) is 11.0. The van der Waals surface area contributed by atoms with Crippen molar-refractivity contribution in [3.8, 4) is 0 Å². The molecule has 3 nitrogen and oxygen atoms in total. The van der Waals surface area contributed by atoms with Gasteiger partial charge in [0.15, 0.2) is 0 Å². The summed E-state index contributed by atoms with van der Waals surface area (Å²) < 4.78 is 0. The molecule has 0 amide bonds. The molecule has 0 aliphatic carbocycles. The number of aryl methyl sites for hydroxylation is 1. The normalized spacial score (nSPS) is 10.2. The first-order valence-electron chi connectivity index (χ1n) is 4.78. The summed E-state index contributed by atoms with van der Waals surface area (Å²) in [5.41, 5.74) is 4.76. The minimum atomic E-state index is 0.707. The average molecular weight is 193 g/mol. The Labute approximate surface area is 86.0 Å². The van der Waals surface area contributed by atoms with Crippen LogP contribution in [0.3, 0.4) is 0 Å². The van der Waals surface area contributed by atoms with Crippen LogP contribution in [0.1, 0.15) is 25.0 Å². The number of hydrazine groups is 1. The van der Waals surface area contributed by atoms with Crippen molar-refractivity contribution in [2.24, 2.45) is 10.8 Å². The Morgan fingerprint density at radius 2 is 2.00 bits per heavy atom. The summed E-state index contributed by atoms with van der Waals surface area (Å²) in [7, 11) is 1.71. The lowest BCUT2D eigenvalue weighted by atomic mass is 10.1. The quantitative estimate of drug-likeness (QED) is 0.309. The predicted octanol–water partition coefficient (Wildman–Crippen LogP) is 1.86. The average Bonchev–Trinajstić information content (AvgIpc) is 2.23. The molecular weight excluding hydrogens is 174 g/mol. The fraction of sp³-hybridized carbons (Fsp3) is 0.364. The second kappa shape index (κ2) is 7.09. The molecule has 0 saturated heterocycles. The summed E-state index contributed by atoms with van der Waals surface area (Å²) in [6.07, 6.45) is 0. The molecule has 0 atom stereocenters. The van der Waals surface area contributed by atoms with Gasteiger partial charge >= 0.3 is 0 Å². The fourth-order valence-electron chi connectivity index (χ4n) is 1.07. The second-order valence-corrected chi connectivity index (χ2v) is 2.59. The third-order valence-corrected chi connectivity index (χ3v) is 1.65. The molecule has 0 heterocycles. The molecule has 0 aromatic heterocycles. The number of nitrogens with zero attached hydrogens (tertiary/aromatic N) is 1. The van der Waals surface area contributed by atoms with E-state index in [4.69, 9.17) is 5.84 Å². The second-order valence-electron chi connectivity index (χ2n) is 2.59. The van der Waals surface area contributed by atoms with Crippen LogP contribution in [-0.2, 0) is 0 Å². The Morgan fingerprint density at radius 3 is 2.43 bits per heavy atom. The summed E-state index contributed by atoms with van der Waals surface area (Å²) in [6.45, 7) is 6.04. The summed E-state index contributed by atoms with van der Waals surface area (Å²) in [5, 5.41) is 0. The van der Waals surface area contributed by atoms with Crippen molar-refractivity contribution in [3.63, 3.8) is 0 Å². The lowest BCUT2D eigenvalue weighted by Crippen LogP contribution is -2.30. The standard InChI is InChI=1S/C9H13N3.C2H6/c1-7-4-3-5-8(6-7)9(11-2)12-10;1-2/h3-6H,10H2,1-2H3,(H,11,12);1-2H3. The third kappa shape index (κ3) is 3.58. The number of rotatable bonds is 1. The van der Waals surface area contributed by atoms with Crippen molar-refractivity contribution in [1.82, 2.24) is 5.43 Å². The van der Waals surface area contributed by atoms with E-state index in [-0.39, 0.29) is 0 Å². The summed E-state index contributed by atoms with van der Waals surface area (Å²) in [5.74, 6) is 5.99. The highest BCUT2D eigenvalue weighted by molar-refractivity contribution is 5.98. The number of hydrogen-bond acceptors (Lipinski definition) is 2. The number of aliphatic imine (C=N–C) groups is 1. The highest BCUT2D eigenvalue weighted by Crippen LogP contribution is 2.03. The Hall–Kier alpha value is -1.35. The SMILES string of the molecule is CC.CN=C(NN)c1cccc(C)c1. The van der Waals surface area contributed by atoms with Gasteiger partial charge in [0.25, 0.3) is 0 Å². The number of benzene rings is 1. The van der Waals surface area contributed by atoms with Gasteiger partial charge in [-0.25, -0.2) is 5.84 Å². The highest BCUT2D eigenvalue weighted by Gasteiger charge is 1.98.